The first-order valence-electron chi connectivity index (χ1n) is 13.7. The minimum atomic E-state index is -1.81. The lowest BCUT2D eigenvalue weighted by Crippen LogP contribution is -2.60. The highest BCUT2D eigenvalue weighted by molar-refractivity contribution is 5.97. The summed E-state index contributed by atoms with van der Waals surface area (Å²) >= 11 is 0. The zero-order valence-corrected chi connectivity index (χ0v) is 24.6. The molecular formula is C27H39N7O11. The lowest BCUT2D eigenvalue weighted by molar-refractivity contribution is -0.147. The van der Waals surface area contributed by atoms with Gasteiger partial charge in [-0.25, -0.2) is 4.79 Å². The van der Waals surface area contributed by atoms with Crippen LogP contribution in [0.4, 0.5) is 0 Å². The van der Waals surface area contributed by atoms with Crippen LogP contribution in [0.25, 0.3) is 0 Å². The van der Waals surface area contributed by atoms with Gasteiger partial charge in [0.1, 0.15) is 29.9 Å². The average Bonchev–Trinajstić information content (AvgIpc) is 2.93. The van der Waals surface area contributed by atoms with E-state index < -0.39 is 96.4 Å². The highest BCUT2D eigenvalue weighted by atomic mass is 16.4. The number of nitrogens with one attached hydrogen (secondary N) is 4. The van der Waals surface area contributed by atoms with Crippen LogP contribution in [0.3, 0.4) is 0 Å². The van der Waals surface area contributed by atoms with Crippen molar-refractivity contribution in [1.82, 2.24) is 21.3 Å². The molecule has 0 aliphatic carbocycles. The standard InChI is InChI=1S/C27H39N7O11/c1-12(2)22(26(43)33-18(27(44)45)11-21(38)39)34-25(42)17(10-20(30)37)32-24(41)16(9-13-3-5-14(35)6-4-13)31-23(40)15(28)7-8-19(29)36/h3-6,12,15-18,22,35H,7-11,28H2,1-2H3,(H2,29,36)(H2,30,37)(H,31,40)(H,32,41)(H,33,43)(H,34,42)(H,38,39)(H,44,45)/t15-,16-,17-,18-,22-/m0/s1. The second-order valence-electron chi connectivity index (χ2n) is 10.5. The molecule has 1 aromatic rings. The molecular weight excluding hydrogens is 598 g/mol. The molecule has 18 nitrogen and oxygen atoms in total. The molecule has 18 heteroatoms. The van der Waals surface area contributed by atoms with Crippen molar-refractivity contribution >= 4 is 47.4 Å². The molecule has 0 heterocycles. The predicted octanol–water partition coefficient (Wildman–Crippen LogP) is -3.44. The van der Waals surface area contributed by atoms with E-state index in [0.717, 1.165) is 0 Å². The van der Waals surface area contributed by atoms with Gasteiger partial charge in [-0.05, 0) is 30.0 Å². The fourth-order valence-electron chi connectivity index (χ4n) is 3.89. The molecule has 0 saturated heterocycles. The Morgan fingerprint density at radius 1 is 0.711 bits per heavy atom. The van der Waals surface area contributed by atoms with Gasteiger partial charge in [0.15, 0.2) is 0 Å². The molecule has 0 bridgehead atoms. The quantitative estimate of drug-likeness (QED) is 0.0708. The van der Waals surface area contributed by atoms with Crippen molar-refractivity contribution in [1.29, 1.82) is 0 Å². The summed E-state index contributed by atoms with van der Waals surface area (Å²) in [5, 5.41) is 36.8. The Hall–Kier alpha value is -5.26. The van der Waals surface area contributed by atoms with Gasteiger partial charge >= 0.3 is 11.9 Å². The number of phenols is 1. The van der Waals surface area contributed by atoms with Crippen molar-refractivity contribution in [2.24, 2.45) is 23.1 Å². The summed E-state index contributed by atoms with van der Waals surface area (Å²) in [4.78, 5) is 97.4. The summed E-state index contributed by atoms with van der Waals surface area (Å²) in [6.45, 7) is 2.98. The van der Waals surface area contributed by atoms with E-state index in [1.165, 1.54) is 38.1 Å². The van der Waals surface area contributed by atoms with Crippen molar-refractivity contribution in [2.45, 2.75) is 76.2 Å². The Morgan fingerprint density at radius 3 is 1.73 bits per heavy atom. The highest BCUT2D eigenvalue weighted by Crippen LogP contribution is 2.12. The molecule has 13 N–H and O–H groups in total. The maximum atomic E-state index is 13.4. The number of primary amides is 2. The van der Waals surface area contributed by atoms with Gasteiger partial charge in [-0.2, -0.15) is 0 Å². The minimum Gasteiger partial charge on any atom is -0.508 e. The monoisotopic (exact) mass is 637 g/mol. The highest BCUT2D eigenvalue weighted by Gasteiger charge is 2.34. The number of carbonyl (C=O) groups excluding carboxylic acids is 6. The summed E-state index contributed by atoms with van der Waals surface area (Å²) in [6, 6.07) is -1.98. The van der Waals surface area contributed by atoms with Gasteiger partial charge in [0.2, 0.25) is 35.4 Å². The van der Waals surface area contributed by atoms with Crippen molar-refractivity contribution in [3.63, 3.8) is 0 Å². The Kier molecular flexibility index (Phi) is 14.9. The van der Waals surface area contributed by atoms with Gasteiger partial charge in [-0.3, -0.25) is 33.6 Å². The molecule has 0 aromatic heterocycles. The van der Waals surface area contributed by atoms with Gasteiger partial charge in [0.25, 0.3) is 0 Å². The molecule has 0 aliphatic heterocycles. The molecule has 1 aromatic carbocycles. The van der Waals surface area contributed by atoms with Crippen molar-refractivity contribution < 1.29 is 53.7 Å². The summed E-state index contributed by atoms with van der Waals surface area (Å²) in [7, 11) is 0. The first-order chi connectivity index (χ1) is 20.9. The van der Waals surface area contributed by atoms with E-state index in [2.05, 4.69) is 16.0 Å². The van der Waals surface area contributed by atoms with Crippen LogP contribution >= 0.6 is 0 Å². The number of nitrogens with two attached hydrogens (primary N) is 3. The summed E-state index contributed by atoms with van der Waals surface area (Å²) < 4.78 is 0. The minimum absolute atomic E-state index is 0.0724. The normalized spacial score (nSPS) is 14.1. The third kappa shape index (κ3) is 13.7. The number of carboxylic acids is 2. The fraction of sp³-hybridized carbons (Fsp3) is 0.481. The molecule has 0 unspecified atom stereocenters. The van der Waals surface area contributed by atoms with Crippen LogP contribution in [0.2, 0.25) is 0 Å². The number of carbonyl (C=O) groups is 8. The third-order valence-electron chi connectivity index (χ3n) is 6.33. The molecule has 1 rings (SSSR count). The van der Waals surface area contributed by atoms with Gasteiger partial charge < -0.3 is 53.8 Å². The maximum Gasteiger partial charge on any atom is 0.326 e. The Morgan fingerprint density at radius 2 is 1.24 bits per heavy atom. The van der Waals surface area contributed by atoms with E-state index in [1.54, 1.807) is 0 Å². The number of aromatic hydroxyl groups is 1. The number of aliphatic carboxylic acids is 2. The lowest BCUT2D eigenvalue weighted by Gasteiger charge is -2.27. The van der Waals surface area contributed by atoms with E-state index >= 15 is 0 Å². The molecule has 0 aliphatic rings. The molecule has 6 amide bonds. The van der Waals surface area contributed by atoms with E-state index in [4.69, 9.17) is 22.3 Å². The van der Waals surface area contributed by atoms with Crippen LogP contribution in [0.15, 0.2) is 24.3 Å². The largest absolute Gasteiger partial charge is 0.508 e. The van der Waals surface area contributed by atoms with E-state index in [1.807, 2.05) is 5.32 Å². The topological polar surface area (TPSA) is 323 Å². The zero-order chi connectivity index (χ0) is 34.4. The van der Waals surface area contributed by atoms with Gasteiger partial charge in [-0.15, -0.1) is 0 Å². The average molecular weight is 638 g/mol. The van der Waals surface area contributed by atoms with Crippen molar-refractivity contribution in [3.05, 3.63) is 29.8 Å². The smallest absolute Gasteiger partial charge is 0.326 e. The fourth-order valence-corrected chi connectivity index (χ4v) is 3.89. The summed E-state index contributed by atoms with van der Waals surface area (Å²) in [6.07, 6.45) is -2.21. The summed E-state index contributed by atoms with van der Waals surface area (Å²) in [5.74, 6) is -9.54. The molecule has 45 heavy (non-hydrogen) atoms. The van der Waals surface area contributed by atoms with Crippen LogP contribution in [0.1, 0.15) is 45.1 Å². The number of phenolic OH excluding ortho intramolecular Hbond substituents is 1. The molecule has 0 saturated carbocycles. The van der Waals surface area contributed by atoms with Crippen LogP contribution in [0.5, 0.6) is 5.75 Å². The maximum absolute atomic E-state index is 13.4. The Balaban J connectivity index is 3.23. The number of rotatable bonds is 19. The molecule has 0 fully saturated rings. The van der Waals surface area contributed by atoms with Gasteiger partial charge in [0.05, 0.1) is 18.9 Å². The third-order valence-corrected chi connectivity index (χ3v) is 6.33. The second-order valence-corrected chi connectivity index (χ2v) is 10.5. The van der Waals surface area contributed by atoms with Crippen molar-refractivity contribution in [3.8, 4) is 5.75 Å². The molecule has 0 radical (unpaired) electrons. The molecule has 5 atom stereocenters. The first kappa shape index (κ1) is 37.8. The van der Waals surface area contributed by atoms with Crippen LogP contribution in [-0.4, -0.2) is 92.9 Å². The van der Waals surface area contributed by atoms with Crippen LogP contribution < -0.4 is 38.5 Å². The summed E-state index contributed by atoms with van der Waals surface area (Å²) in [5.41, 5.74) is 16.6. The van der Waals surface area contributed by atoms with Crippen LogP contribution in [0, 0.1) is 5.92 Å². The van der Waals surface area contributed by atoms with Gasteiger partial charge in [0, 0.05) is 12.8 Å². The number of hydrogen-bond donors (Lipinski definition) is 10. The lowest BCUT2D eigenvalue weighted by atomic mass is 10.0. The second kappa shape index (κ2) is 17.8. The SMILES string of the molecule is CC(C)[C@H](NC(=O)[C@H](CC(N)=O)NC(=O)[C@H](Cc1ccc(O)cc1)NC(=O)[C@@H](N)CCC(N)=O)C(=O)N[C@@H](CC(=O)O)C(=O)O. The van der Waals surface area contributed by atoms with Crippen LogP contribution in [-0.2, 0) is 44.8 Å². The van der Waals surface area contributed by atoms with E-state index in [9.17, 15) is 48.6 Å². The number of amides is 6. The number of benzene rings is 1. The zero-order valence-electron chi connectivity index (χ0n) is 24.6. The molecule has 0 spiro atoms. The molecule has 248 valence electrons. The van der Waals surface area contributed by atoms with E-state index in [-0.39, 0.29) is 25.0 Å². The van der Waals surface area contributed by atoms with Crippen molar-refractivity contribution in [2.75, 3.05) is 0 Å². The Labute approximate surface area is 257 Å². The van der Waals surface area contributed by atoms with Gasteiger partial charge in [-0.1, -0.05) is 26.0 Å². The predicted molar refractivity (Wildman–Crippen MR) is 154 cm³/mol. The van der Waals surface area contributed by atoms with E-state index in [0.29, 0.717) is 5.56 Å². The number of hydrogen-bond acceptors (Lipinski definition) is 10. The Bertz CT molecular complexity index is 1270. The first-order valence-corrected chi connectivity index (χ1v) is 13.7. The number of carboxylic acid groups (broad SMARTS) is 2.